The number of rotatable bonds is 8. The molecule has 132 valence electrons. The molecule has 0 radical (unpaired) electrons. The van der Waals surface area contributed by atoms with Gasteiger partial charge in [0.05, 0.1) is 0 Å². The molecule has 9 heteroatoms. The second-order valence-corrected chi connectivity index (χ2v) is 6.10. The van der Waals surface area contributed by atoms with Gasteiger partial charge in [-0.05, 0) is 24.1 Å². The van der Waals surface area contributed by atoms with E-state index in [1.165, 1.54) is 17.8 Å². The molecule has 0 aliphatic rings. The van der Waals surface area contributed by atoms with E-state index in [2.05, 4.69) is 10.2 Å². The summed E-state index contributed by atoms with van der Waals surface area (Å²) in [6.45, 7) is 1.30. The molecule has 0 bridgehead atoms. The molecule has 1 aromatic heterocycles. The fraction of sp³-hybridized carbons (Fsp3) is 0.467. The summed E-state index contributed by atoms with van der Waals surface area (Å²) in [5, 5.41) is 6.97. The number of aromatic amines is 1. The summed E-state index contributed by atoms with van der Waals surface area (Å²) >= 11 is 1.35. The summed E-state index contributed by atoms with van der Waals surface area (Å²) in [5.41, 5.74) is 0.533. The maximum atomic E-state index is 12.2. The molecule has 0 aliphatic heterocycles. The van der Waals surface area contributed by atoms with Crippen molar-refractivity contribution < 1.29 is 17.9 Å². The fourth-order valence-electron chi connectivity index (χ4n) is 1.96. The van der Waals surface area contributed by atoms with E-state index in [9.17, 15) is 18.0 Å². The van der Waals surface area contributed by atoms with Gasteiger partial charge in [-0.3, -0.25) is 4.57 Å². The van der Waals surface area contributed by atoms with Gasteiger partial charge in [0.1, 0.15) is 5.75 Å². The molecule has 2 rings (SSSR count). The SMILES string of the molecule is CCCCn1c(SCc2cccc(OCC(F)(F)F)c2)n[nH]c1=O. The van der Waals surface area contributed by atoms with Gasteiger partial charge < -0.3 is 4.74 Å². The number of unbranched alkanes of at least 4 members (excludes halogenated alkanes) is 1. The average Bonchev–Trinajstić information content (AvgIpc) is 2.89. The number of hydrogen-bond acceptors (Lipinski definition) is 4. The van der Waals surface area contributed by atoms with Crippen molar-refractivity contribution in [1.29, 1.82) is 0 Å². The van der Waals surface area contributed by atoms with Gasteiger partial charge in [0, 0.05) is 12.3 Å². The number of nitrogens with zero attached hydrogens (tertiary/aromatic N) is 2. The molecule has 24 heavy (non-hydrogen) atoms. The van der Waals surface area contributed by atoms with Crippen LogP contribution in [-0.4, -0.2) is 27.5 Å². The van der Waals surface area contributed by atoms with Crippen LogP contribution in [0.25, 0.3) is 0 Å². The first-order valence-corrected chi connectivity index (χ1v) is 8.44. The minimum Gasteiger partial charge on any atom is -0.484 e. The predicted octanol–water partition coefficient (Wildman–Crippen LogP) is 3.60. The summed E-state index contributed by atoms with van der Waals surface area (Å²) in [5.74, 6) is 0.635. The number of halogens is 3. The van der Waals surface area contributed by atoms with E-state index in [1.807, 2.05) is 6.92 Å². The molecule has 0 spiro atoms. The first-order valence-electron chi connectivity index (χ1n) is 7.45. The molecule has 0 amide bonds. The van der Waals surface area contributed by atoms with Crippen molar-refractivity contribution in [2.24, 2.45) is 0 Å². The van der Waals surface area contributed by atoms with Gasteiger partial charge >= 0.3 is 11.9 Å². The number of ether oxygens (including phenoxy) is 1. The normalized spacial score (nSPS) is 11.7. The Morgan fingerprint density at radius 3 is 2.88 bits per heavy atom. The standard InChI is InChI=1S/C15H18F3N3O2S/c1-2-3-7-21-13(22)19-20-14(21)24-9-11-5-4-6-12(8-11)23-10-15(16,17)18/h4-6,8H,2-3,7,9-10H2,1H3,(H,19,22). The smallest absolute Gasteiger partial charge is 0.422 e. The lowest BCUT2D eigenvalue weighted by atomic mass is 10.2. The van der Waals surface area contributed by atoms with Crippen LogP contribution in [0.2, 0.25) is 0 Å². The molecule has 1 aromatic carbocycles. The number of alkyl halides is 3. The number of thioether (sulfide) groups is 1. The van der Waals surface area contributed by atoms with Crippen LogP contribution in [-0.2, 0) is 12.3 Å². The molecule has 0 unspecified atom stereocenters. The summed E-state index contributed by atoms with van der Waals surface area (Å²) in [6, 6.07) is 6.45. The Morgan fingerprint density at radius 2 is 2.17 bits per heavy atom. The maximum absolute atomic E-state index is 12.2. The van der Waals surface area contributed by atoms with Gasteiger partial charge in [-0.1, -0.05) is 37.2 Å². The predicted molar refractivity (Wildman–Crippen MR) is 85.3 cm³/mol. The van der Waals surface area contributed by atoms with E-state index in [0.29, 0.717) is 17.5 Å². The molecule has 0 saturated heterocycles. The lowest BCUT2D eigenvalue weighted by Crippen LogP contribution is -2.19. The van der Waals surface area contributed by atoms with Crippen LogP contribution < -0.4 is 10.4 Å². The molecule has 5 nitrogen and oxygen atoms in total. The van der Waals surface area contributed by atoms with Crippen molar-refractivity contribution in [2.45, 2.75) is 43.4 Å². The van der Waals surface area contributed by atoms with Crippen molar-refractivity contribution in [3.05, 3.63) is 40.3 Å². The Morgan fingerprint density at radius 1 is 1.38 bits per heavy atom. The Hall–Kier alpha value is -1.90. The molecule has 1 heterocycles. The van der Waals surface area contributed by atoms with Gasteiger partial charge in [0.2, 0.25) is 0 Å². The van der Waals surface area contributed by atoms with Gasteiger partial charge in [-0.2, -0.15) is 13.2 Å². The molecule has 0 fully saturated rings. The van der Waals surface area contributed by atoms with E-state index < -0.39 is 12.8 Å². The highest BCUT2D eigenvalue weighted by Crippen LogP contribution is 2.24. The average molecular weight is 361 g/mol. The van der Waals surface area contributed by atoms with E-state index >= 15 is 0 Å². The number of H-pyrrole nitrogens is 1. The Labute approximate surface area is 141 Å². The number of nitrogens with one attached hydrogen (secondary N) is 1. The summed E-state index contributed by atoms with van der Waals surface area (Å²) in [7, 11) is 0. The molecule has 0 aliphatic carbocycles. The van der Waals surface area contributed by atoms with Crippen LogP contribution >= 0.6 is 11.8 Å². The molecule has 2 aromatic rings. The third-order valence-corrected chi connectivity index (χ3v) is 4.17. The third kappa shape index (κ3) is 5.63. The van der Waals surface area contributed by atoms with Crippen molar-refractivity contribution in [1.82, 2.24) is 14.8 Å². The Kier molecular flexibility index (Phi) is 6.36. The summed E-state index contributed by atoms with van der Waals surface area (Å²) < 4.78 is 42.9. The van der Waals surface area contributed by atoms with Gasteiger partial charge in [0.25, 0.3) is 0 Å². The quantitative estimate of drug-likeness (QED) is 0.730. The number of aromatic nitrogens is 3. The van der Waals surface area contributed by atoms with Gasteiger partial charge in [0.15, 0.2) is 11.8 Å². The highest BCUT2D eigenvalue weighted by atomic mass is 32.2. The van der Waals surface area contributed by atoms with E-state index in [1.54, 1.807) is 22.8 Å². The zero-order valence-corrected chi connectivity index (χ0v) is 13.9. The molecule has 1 N–H and O–H groups in total. The monoisotopic (exact) mass is 361 g/mol. The first-order chi connectivity index (χ1) is 11.4. The van der Waals surface area contributed by atoms with Gasteiger partial charge in [-0.15, -0.1) is 5.10 Å². The van der Waals surface area contributed by atoms with Crippen molar-refractivity contribution in [2.75, 3.05) is 6.61 Å². The minimum absolute atomic E-state index is 0.163. The lowest BCUT2D eigenvalue weighted by molar-refractivity contribution is -0.153. The van der Waals surface area contributed by atoms with Crippen molar-refractivity contribution in [3.8, 4) is 5.75 Å². The Bertz CT molecular complexity index is 712. The highest BCUT2D eigenvalue weighted by molar-refractivity contribution is 7.98. The number of benzene rings is 1. The zero-order chi connectivity index (χ0) is 17.6. The summed E-state index contributed by atoms with van der Waals surface area (Å²) in [6.07, 6.45) is -2.54. The van der Waals surface area contributed by atoms with Crippen molar-refractivity contribution >= 4 is 11.8 Å². The van der Waals surface area contributed by atoms with E-state index in [0.717, 1.165) is 18.4 Å². The van der Waals surface area contributed by atoms with Gasteiger partial charge in [-0.25, -0.2) is 9.89 Å². The van der Waals surface area contributed by atoms with Crippen LogP contribution in [0.15, 0.2) is 34.2 Å². The second kappa shape index (κ2) is 8.27. The van der Waals surface area contributed by atoms with E-state index in [4.69, 9.17) is 4.74 Å². The topological polar surface area (TPSA) is 59.9 Å². The van der Waals surface area contributed by atoms with Crippen LogP contribution in [0.1, 0.15) is 25.3 Å². The zero-order valence-electron chi connectivity index (χ0n) is 13.1. The largest absolute Gasteiger partial charge is 0.484 e. The van der Waals surface area contributed by atoms with Crippen LogP contribution in [0.5, 0.6) is 5.75 Å². The molecule has 0 atom stereocenters. The Balaban J connectivity index is 1.98. The fourth-order valence-corrected chi connectivity index (χ4v) is 2.88. The second-order valence-electron chi connectivity index (χ2n) is 5.16. The third-order valence-electron chi connectivity index (χ3n) is 3.13. The van der Waals surface area contributed by atoms with E-state index in [-0.39, 0.29) is 11.4 Å². The first kappa shape index (κ1) is 18.4. The van der Waals surface area contributed by atoms with Crippen LogP contribution in [0.3, 0.4) is 0 Å². The molecule has 0 saturated carbocycles. The molecular formula is C15H18F3N3O2S. The maximum Gasteiger partial charge on any atom is 0.422 e. The number of hydrogen-bond donors (Lipinski definition) is 1. The molecular weight excluding hydrogens is 343 g/mol. The van der Waals surface area contributed by atoms with Crippen LogP contribution in [0, 0.1) is 0 Å². The van der Waals surface area contributed by atoms with Crippen molar-refractivity contribution in [3.63, 3.8) is 0 Å². The summed E-state index contributed by atoms with van der Waals surface area (Å²) in [4.78, 5) is 11.7. The lowest BCUT2D eigenvalue weighted by Gasteiger charge is -2.10. The highest BCUT2D eigenvalue weighted by Gasteiger charge is 2.28. The minimum atomic E-state index is -4.37. The van der Waals surface area contributed by atoms with Crippen LogP contribution in [0.4, 0.5) is 13.2 Å².